The molecule has 17 heteroatoms. The predicted molar refractivity (Wildman–Crippen MR) is 182 cm³/mol. The number of hydrogen-bond acceptors (Lipinski definition) is 8. The van der Waals surface area contributed by atoms with Crippen LogP contribution >= 0.6 is 0 Å². The normalized spacial score (nSPS) is 14.0. The van der Waals surface area contributed by atoms with E-state index in [0.717, 1.165) is 0 Å². The molecule has 0 heterocycles. The molecule has 0 aliphatic carbocycles. The number of amides is 5. The Labute approximate surface area is 289 Å². The van der Waals surface area contributed by atoms with Gasteiger partial charge in [0.05, 0.1) is 6.61 Å². The van der Waals surface area contributed by atoms with Crippen LogP contribution in [0.5, 0.6) is 0 Å². The number of benzene rings is 2. The van der Waals surface area contributed by atoms with Gasteiger partial charge in [-0.2, -0.15) is 0 Å². The molecule has 0 aromatic heterocycles. The number of halogens is 2. The highest BCUT2D eigenvalue weighted by atomic mass is 19.1. The maximum atomic E-state index is 13.8. The van der Waals surface area contributed by atoms with Crippen LogP contribution in [0.15, 0.2) is 53.5 Å². The van der Waals surface area contributed by atoms with Crippen LogP contribution in [0.3, 0.4) is 0 Å². The van der Waals surface area contributed by atoms with Gasteiger partial charge in [-0.3, -0.25) is 29.0 Å². The number of carbonyl (C=O) groups excluding carboxylic acids is 5. The molecule has 0 radical (unpaired) electrons. The first-order valence-corrected chi connectivity index (χ1v) is 16.0. The number of carbonyl (C=O) groups is 5. The Hall–Kier alpha value is -5.16. The first-order valence-electron chi connectivity index (χ1n) is 16.0. The Balaban J connectivity index is 2.37. The number of hydrogen-bond donors (Lipinski definition) is 9. The largest absolute Gasteiger partial charge is 0.394 e. The van der Waals surface area contributed by atoms with E-state index in [-0.39, 0.29) is 44.1 Å². The second kappa shape index (κ2) is 20.4. The van der Waals surface area contributed by atoms with Gasteiger partial charge in [-0.1, -0.05) is 38.1 Å². The molecule has 0 saturated heterocycles. The summed E-state index contributed by atoms with van der Waals surface area (Å²) < 4.78 is 27.2. The zero-order valence-electron chi connectivity index (χ0n) is 28.0. The van der Waals surface area contributed by atoms with E-state index in [9.17, 15) is 37.9 Å². The predicted octanol–water partition coefficient (Wildman–Crippen LogP) is -1.41. The van der Waals surface area contributed by atoms with Crippen LogP contribution in [0, 0.1) is 17.6 Å². The fraction of sp³-hybridized carbons (Fsp3) is 0.455. The fourth-order valence-electron chi connectivity index (χ4n) is 4.80. The molecule has 0 spiro atoms. The Bertz CT molecular complexity index is 1470. The third-order valence-corrected chi connectivity index (χ3v) is 7.45. The molecule has 2 rings (SSSR count). The van der Waals surface area contributed by atoms with Crippen LogP contribution in [-0.4, -0.2) is 84.0 Å². The number of aliphatic hydroxyl groups excluding tert-OH is 1. The molecule has 5 amide bonds. The summed E-state index contributed by atoms with van der Waals surface area (Å²) in [4.78, 5) is 69.5. The van der Waals surface area contributed by atoms with Crippen molar-refractivity contribution in [2.75, 3.05) is 13.2 Å². The van der Waals surface area contributed by atoms with Crippen LogP contribution < -0.4 is 44.2 Å². The first-order chi connectivity index (χ1) is 23.6. The van der Waals surface area contributed by atoms with Gasteiger partial charge in [0.15, 0.2) is 5.96 Å². The molecule has 5 atom stereocenters. The number of aliphatic hydroxyl groups is 1. The van der Waals surface area contributed by atoms with Crippen molar-refractivity contribution >= 4 is 35.5 Å². The van der Waals surface area contributed by atoms with E-state index in [4.69, 9.17) is 22.9 Å². The topological polar surface area (TPSA) is 270 Å². The van der Waals surface area contributed by atoms with Gasteiger partial charge in [0, 0.05) is 19.4 Å². The van der Waals surface area contributed by atoms with Crippen LogP contribution in [0.4, 0.5) is 8.78 Å². The van der Waals surface area contributed by atoms with Gasteiger partial charge < -0.3 is 49.3 Å². The van der Waals surface area contributed by atoms with Crippen LogP contribution in [-0.2, 0) is 36.8 Å². The number of nitrogens with one attached hydrogen (secondary N) is 4. The molecule has 0 unspecified atom stereocenters. The van der Waals surface area contributed by atoms with E-state index in [1.165, 1.54) is 48.5 Å². The van der Waals surface area contributed by atoms with Gasteiger partial charge >= 0.3 is 0 Å². The van der Waals surface area contributed by atoms with E-state index < -0.39 is 78.0 Å². The summed E-state index contributed by atoms with van der Waals surface area (Å²) in [5.74, 6) is -5.31. The minimum atomic E-state index is -1.36. The van der Waals surface area contributed by atoms with Crippen molar-refractivity contribution in [3.63, 3.8) is 0 Å². The van der Waals surface area contributed by atoms with E-state index in [0.29, 0.717) is 17.5 Å². The summed E-state index contributed by atoms with van der Waals surface area (Å²) in [6.07, 6.45) is 0.269. The lowest BCUT2D eigenvalue weighted by molar-refractivity contribution is -0.134. The molecule has 0 aliphatic heterocycles. The average Bonchev–Trinajstić information content (AvgIpc) is 3.05. The van der Waals surface area contributed by atoms with Crippen molar-refractivity contribution in [1.29, 1.82) is 0 Å². The summed E-state index contributed by atoms with van der Waals surface area (Å²) in [5.41, 5.74) is 22.7. The van der Waals surface area contributed by atoms with E-state index in [1.807, 2.05) is 13.8 Å². The summed E-state index contributed by atoms with van der Waals surface area (Å²) in [6, 6.07) is 4.01. The molecular formula is C33H47F2N9O6. The Morgan fingerprint density at radius 2 is 1.12 bits per heavy atom. The quantitative estimate of drug-likeness (QED) is 0.0445. The highest BCUT2D eigenvalue weighted by molar-refractivity contribution is 5.96. The van der Waals surface area contributed by atoms with Gasteiger partial charge in [0.1, 0.15) is 41.8 Å². The van der Waals surface area contributed by atoms with Gasteiger partial charge in [-0.15, -0.1) is 0 Å². The zero-order chi connectivity index (χ0) is 37.4. The van der Waals surface area contributed by atoms with Gasteiger partial charge in [0.2, 0.25) is 29.5 Å². The minimum absolute atomic E-state index is 0.115. The van der Waals surface area contributed by atoms with E-state index >= 15 is 0 Å². The van der Waals surface area contributed by atoms with Crippen molar-refractivity contribution in [3.05, 3.63) is 71.3 Å². The number of guanidine groups is 1. The molecule has 0 aliphatic rings. The van der Waals surface area contributed by atoms with Crippen molar-refractivity contribution < 1.29 is 37.9 Å². The summed E-state index contributed by atoms with van der Waals surface area (Å²) in [7, 11) is 0. The zero-order valence-corrected chi connectivity index (χ0v) is 28.0. The lowest BCUT2D eigenvalue weighted by Gasteiger charge is -2.27. The number of nitrogens with zero attached hydrogens (tertiary/aromatic N) is 1. The van der Waals surface area contributed by atoms with Crippen molar-refractivity contribution in [2.24, 2.45) is 33.8 Å². The smallest absolute Gasteiger partial charge is 0.243 e. The van der Waals surface area contributed by atoms with Gasteiger partial charge in [0.25, 0.3) is 0 Å². The van der Waals surface area contributed by atoms with Gasteiger partial charge in [-0.05, 0) is 60.6 Å². The molecule has 2 aromatic rings. The highest BCUT2D eigenvalue weighted by Crippen LogP contribution is 2.12. The average molecular weight is 704 g/mol. The van der Waals surface area contributed by atoms with Gasteiger partial charge in [-0.25, -0.2) is 8.78 Å². The molecule has 0 bridgehead atoms. The highest BCUT2D eigenvalue weighted by Gasteiger charge is 2.32. The fourth-order valence-corrected chi connectivity index (χ4v) is 4.80. The first kappa shape index (κ1) is 41.0. The summed E-state index contributed by atoms with van der Waals surface area (Å²) in [5, 5.41) is 19.6. The Kier molecular flexibility index (Phi) is 16.7. The minimum Gasteiger partial charge on any atom is -0.394 e. The molecule has 13 N–H and O–H groups in total. The molecule has 0 saturated carbocycles. The number of nitrogens with two attached hydrogens (primary N) is 4. The second-order valence-electron chi connectivity index (χ2n) is 12.2. The van der Waals surface area contributed by atoms with Crippen molar-refractivity contribution in [1.82, 2.24) is 21.3 Å². The Morgan fingerprint density at radius 1 is 0.700 bits per heavy atom. The number of aliphatic imine (C=N–C) groups is 1. The maximum Gasteiger partial charge on any atom is 0.243 e. The molecule has 2 aromatic carbocycles. The van der Waals surface area contributed by atoms with Crippen LogP contribution in [0.25, 0.3) is 0 Å². The third-order valence-electron chi connectivity index (χ3n) is 7.45. The number of rotatable bonds is 20. The van der Waals surface area contributed by atoms with Crippen LogP contribution in [0.1, 0.15) is 44.2 Å². The third kappa shape index (κ3) is 14.5. The van der Waals surface area contributed by atoms with Crippen molar-refractivity contribution in [3.8, 4) is 0 Å². The SMILES string of the molecule is CC(C)C[C@H](NC(=O)[C@H](Cc1ccc(F)cc1)NC(=O)[C@H](Cc1ccc(F)cc1)NC(=O)[C@@H](N)CO)C(=O)N[C@@H](CCCN=C(N)N)C(N)=O. The van der Waals surface area contributed by atoms with E-state index in [2.05, 4.69) is 26.3 Å². The monoisotopic (exact) mass is 703 g/mol. The molecule has 50 heavy (non-hydrogen) atoms. The number of primary amides is 1. The lowest BCUT2D eigenvalue weighted by Crippen LogP contribution is -2.59. The molecular weight excluding hydrogens is 656 g/mol. The molecule has 274 valence electrons. The van der Waals surface area contributed by atoms with Crippen molar-refractivity contribution in [2.45, 2.75) is 76.2 Å². The Morgan fingerprint density at radius 3 is 1.54 bits per heavy atom. The van der Waals surface area contributed by atoms with Crippen LogP contribution in [0.2, 0.25) is 0 Å². The maximum absolute atomic E-state index is 13.8. The lowest BCUT2D eigenvalue weighted by atomic mass is 9.99. The molecule has 15 nitrogen and oxygen atoms in total. The summed E-state index contributed by atoms with van der Waals surface area (Å²) >= 11 is 0. The second-order valence-corrected chi connectivity index (χ2v) is 12.2. The standard InChI is InChI=1S/C33H47F2N9O6/c1-18(2)14-25(30(48)41-24(28(37)46)4-3-13-40-33(38)39)43-32(50)27(16-20-7-11-22(35)12-8-20)44-31(49)26(42-29(47)23(36)17-45)15-19-5-9-21(34)10-6-19/h5-12,18,23-27,45H,3-4,13-17,36H2,1-2H3,(H2,37,46)(H,41,48)(H,42,47)(H,43,50)(H,44,49)(H4,38,39,40)/t23-,24-,25-,26-,27-/m0/s1. The summed E-state index contributed by atoms with van der Waals surface area (Å²) in [6.45, 7) is 3.10. The van der Waals surface area contributed by atoms with E-state index in [1.54, 1.807) is 0 Å². The molecule has 0 fully saturated rings.